The van der Waals surface area contributed by atoms with Gasteiger partial charge in [0, 0.05) is 37.3 Å². The maximum atomic E-state index is 5.96. The molecule has 1 atom stereocenters. The maximum absolute atomic E-state index is 5.96. The molecule has 0 aliphatic carbocycles. The van der Waals surface area contributed by atoms with Gasteiger partial charge in [-0.15, -0.1) is 0 Å². The van der Waals surface area contributed by atoms with E-state index in [0.717, 1.165) is 37.6 Å². The Morgan fingerprint density at radius 3 is 2.47 bits per heavy atom. The van der Waals surface area contributed by atoms with Crippen LogP contribution < -0.4 is 5.73 Å². The van der Waals surface area contributed by atoms with Crippen molar-refractivity contribution in [3.8, 4) is 0 Å². The largest absolute Gasteiger partial charge is 0.378 e. The summed E-state index contributed by atoms with van der Waals surface area (Å²) in [6.45, 7) is 5.61. The fourth-order valence-corrected chi connectivity index (χ4v) is 2.90. The number of nitrogens with zero attached hydrogens (tertiary/aromatic N) is 1. The Morgan fingerprint density at radius 1 is 1.32 bits per heavy atom. The smallest absolute Gasteiger partial charge is 0.0599 e. The van der Waals surface area contributed by atoms with Crippen LogP contribution in [0.3, 0.4) is 0 Å². The van der Waals surface area contributed by atoms with Crippen LogP contribution in [0.5, 0.6) is 0 Å². The van der Waals surface area contributed by atoms with Crippen molar-refractivity contribution >= 4 is 11.6 Å². The number of benzene rings is 1. The first-order chi connectivity index (χ1) is 9.24. The zero-order valence-corrected chi connectivity index (χ0v) is 12.3. The highest BCUT2D eigenvalue weighted by molar-refractivity contribution is 6.30. The molecule has 3 nitrogen and oxygen atoms in total. The topological polar surface area (TPSA) is 38.5 Å². The molecule has 1 aromatic rings. The second-order valence-electron chi connectivity index (χ2n) is 4.99. The van der Waals surface area contributed by atoms with Crippen molar-refractivity contribution in [1.82, 2.24) is 4.90 Å². The van der Waals surface area contributed by atoms with E-state index in [-0.39, 0.29) is 0 Å². The lowest BCUT2D eigenvalue weighted by molar-refractivity contribution is 0.00452. The molecular weight excluding hydrogens is 260 g/mol. The van der Waals surface area contributed by atoms with Crippen LogP contribution in [-0.4, -0.2) is 37.2 Å². The van der Waals surface area contributed by atoms with Crippen molar-refractivity contribution in [2.24, 2.45) is 5.73 Å². The second-order valence-corrected chi connectivity index (χ2v) is 5.43. The van der Waals surface area contributed by atoms with Crippen molar-refractivity contribution in [3.63, 3.8) is 0 Å². The van der Waals surface area contributed by atoms with E-state index in [4.69, 9.17) is 22.1 Å². The third-order valence-electron chi connectivity index (χ3n) is 3.80. The molecule has 4 heteroatoms. The van der Waals surface area contributed by atoms with Gasteiger partial charge >= 0.3 is 0 Å². The lowest BCUT2D eigenvalue weighted by atomic mass is 10.0. The van der Waals surface area contributed by atoms with Gasteiger partial charge in [0.2, 0.25) is 0 Å². The molecule has 1 aliphatic rings. The van der Waals surface area contributed by atoms with E-state index in [0.29, 0.717) is 18.7 Å². The quantitative estimate of drug-likeness (QED) is 0.902. The minimum Gasteiger partial charge on any atom is -0.378 e. The van der Waals surface area contributed by atoms with E-state index in [2.05, 4.69) is 24.0 Å². The number of piperidine rings is 1. The number of rotatable bonds is 5. The van der Waals surface area contributed by atoms with Crippen molar-refractivity contribution in [2.75, 3.05) is 26.2 Å². The van der Waals surface area contributed by atoms with Crippen molar-refractivity contribution in [3.05, 3.63) is 34.9 Å². The molecule has 0 radical (unpaired) electrons. The average Bonchev–Trinajstić information content (AvgIpc) is 2.44. The molecule has 1 aromatic carbocycles. The van der Waals surface area contributed by atoms with E-state index >= 15 is 0 Å². The van der Waals surface area contributed by atoms with E-state index in [1.165, 1.54) is 5.56 Å². The summed E-state index contributed by atoms with van der Waals surface area (Å²) in [6.07, 6.45) is 2.61. The molecule has 2 rings (SSSR count). The summed E-state index contributed by atoms with van der Waals surface area (Å²) >= 11 is 5.94. The van der Waals surface area contributed by atoms with Gasteiger partial charge in [0.25, 0.3) is 0 Å². The molecule has 0 saturated carbocycles. The first-order valence-corrected chi connectivity index (χ1v) is 7.43. The van der Waals surface area contributed by atoms with Gasteiger partial charge < -0.3 is 10.5 Å². The van der Waals surface area contributed by atoms with Crippen LogP contribution in [0.4, 0.5) is 0 Å². The summed E-state index contributed by atoms with van der Waals surface area (Å²) < 4.78 is 5.69. The van der Waals surface area contributed by atoms with Gasteiger partial charge in [-0.1, -0.05) is 23.7 Å². The number of hydrogen-bond acceptors (Lipinski definition) is 3. The van der Waals surface area contributed by atoms with Gasteiger partial charge in [0.15, 0.2) is 0 Å². The number of ether oxygens (including phenoxy) is 1. The summed E-state index contributed by atoms with van der Waals surface area (Å²) in [5.41, 5.74) is 7.21. The van der Waals surface area contributed by atoms with Crippen LogP contribution in [0.25, 0.3) is 0 Å². The lowest BCUT2D eigenvalue weighted by Gasteiger charge is -2.37. The van der Waals surface area contributed by atoms with Gasteiger partial charge in [-0.25, -0.2) is 0 Å². The molecule has 0 bridgehead atoms. The number of likely N-dealkylation sites (tertiary alicyclic amines) is 1. The minimum atomic E-state index is 0.292. The molecular formula is C15H23ClN2O. The minimum absolute atomic E-state index is 0.292. The Bertz CT molecular complexity index is 374. The third-order valence-corrected chi connectivity index (χ3v) is 4.05. The second kappa shape index (κ2) is 7.25. The van der Waals surface area contributed by atoms with Crippen LogP contribution in [0.15, 0.2) is 24.3 Å². The molecule has 106 valence electrons. The van der Waals surface area contributed by atoms with E-state index in [1.54, 1.807) is 0 Å². The first kappa shape index (κ1) is 14.8. The molecule has 0 spiro atoms. The Hall–Kier alpha value is -0.610. The van der Waals surface area contributed by atoms with Crippen LogP contribution in [-0.2, 0) is 4.74 Å². The Labute approximate surface area is 120 Å². The highest BCUT2D eigenvalue weighted by atomic mass is 35.5. The fraction of sp³-hybridized carbons (Fsp3) is 0.600. The normalized spacial score (nSPS) is 19.5. The highest BCUT2D eigenvalue weighted by Crippen LogP contribution is 2.25. The average molecular weight is 283 g/mol. The van der Waals surface area contributed by atoms with E-state index in [1.807, 2.05) is 12.1 Å². The summed E-state index contributed by atoms with van der Waals surface area (Å²) in [6, 6.07) is 8.32. The van der Waals surface area contributed by atoms with Crippen molar-refractivity contribution in [1.29, 1.82) is 0 Å². The van der Waals surface area contributed by atoms with E-state index < -0.39 is 0 Å². The third kappa shape index (κ3) is 3.93. The van der Waals surface area contributed by atoms with Gasteiger partial charge in [-0.05, 0) is 37.5 Å². The van der Waals surface area contributed by atoms with Crippen molar-refractivity contribution < 1.29 is 4.74 Å². The molecule has 1 aliphatic heterocycles. The summed E-state index contributed by atoms with van der Waals surface area (Å²) in [4.78, 5) is 2.46. The van der Waals surface area contributed by atoms with Crippen LogP contribution >= 0.6 is 11.6 Å². The Kier molecular flexibility index (Phi) is 5.64. The maximum Gasteiger partial charge on any atom is 0.0599 e. The monoisotopic (exact) mass is 282 g/mol. The van der Waals surface area contributed by atoms with E-state index in [9.17, 15) is 0 Å². The molecule has 1 saturated heterocycles. The zero-order chi connectivity index (χ0) is 13.7. The number of nitrogens with two attached hydrogens (primary N) is 1. The Balaban J connectivity index is 1.97. The Morgan fingerprint density at radius 2 is 1.95 bits per heavy atom. The van der Waals surface area contributed by atoms with Crippen LogP contribution in [0, 0.1) is 0 Å². The van der Waals surface area contributed by atoms with Gasteiger partial charge in [-0.2, -0.15) is 0 Å². The SMILES string of the molecule is CCOC1CCN(C(CN)c2ccc(Cl)cc2)CC1. The summed E-state index contributed by atoms with van der Waals surface area (Å²) in [5, 5.41) is 0.773. The van der Waals surface area contributed by atoms with Crippen LogP contribution in [0.2, 0.25) is 5.02 Å². The lowest BCUT2D eigenvalue weighted by Crippen LogP contribution is -2.41. The van der Waals surface area contributed by atoms with Crippen molar-refractivity contribution in [2.45, 2.75) is 31.9 Å². The molecule has 19 heavy (non-hydrogen) atoms. The first-order valence-electron chi connectivity index (χ1n) is 7.05. The molecule has 1 heterocycles. The summed E-state index contributed by atoms with van der Waals surface area (Å²) in [5.74, 6) is 0. The molecule has 0 amide bonds. The molecule has 1 fully saturated rings. The predicted molar refractivity (Wildman–Crippen MR) is 79.5 cm³/mol. The number of hydrogen-bond donors (Lipinski definition) is 1. The highest BCUT2D eigenvalue weighted by Gasteiger charge is 2.25. The van der Waals surface area contributed by atoms with Crippen LogP contribution in [0.1, 0.15) is 31.4 Å². The summed E-state index contributed by atoms with van der Waals surface area (Å²) in [7, 11) is 0. The fourth-order valence-electron chi connectivity index (χ4n) is 2.77. The number of halogens is 1. The van der Waals surface area contributed by atoms with Gasteiger partial charge in [0.05, 0.1) is 6.10 Å². The van der Waals surface area contributed by atoms with Gasteiger partial charge in [-0.3, -0.25) is 4.90 Å². The molecule has 0 aromatic heterocycles. The molecule has 2 N–H and O–H groups in total. The zero-order valence-electron chi connectivity index (χ0n) is 11.5. The predicted octanol–water partition coefficient (Wildman–Crippen LogP) is 2.84. The standard InChI is InChI=1S/C15H23ClN2O/c1-2-19-14-7-9-18(10-8-14)15(11-17)12-3-5-13(16)6-4-12/h3-6,14-15H,2,7-11,17H2,1H3. The van der Waals surface area contributed by atoms with Gasteiger partial charge in [0.1, 0.15) is 0 Å². The molecule has 1 unspecified atom stereocenters.